The quantitative estimate of drug-likeness (QED) is 0.226. The highest BCUT2D eigenvalue weighted by atomic mass is 19.1. The van der Waals surface area contributed by atoms with Crippen LogP contribution in [-0.4, -0.2) is 5.97 Å². The molecule has 34 heavy (non-hydrogen) atoms. The SMILES string of the molecule is CCCCC1CCC(C(C)Cc2cc(F)c(C(=O)Oc3cc(F)c(C#N)c(F)c3)c(F)c2)CC1. The third kappa shape index (κ3) is 6.16. The van der Waals surface area contributed by atoms with Gasteiger partial charge in [0, 0.05) is 12.1 Å². The predicted octanol–water partition coefficient (Wildman–Crippen LogP) is 7.51. The van der Waals surface area contributed by atoms with Gasteiger partial charge in [-0.3, -0.25) is 0 Å². The minimum absolute atomic E-state index is 0.244. The van der Waals surface area contributed by atoms with Crippen LogP contribution in [0, 0.1) is 52.4 Å². The second-order valence-corrected chi connectivity index (χ2v) is 9.30. The molecule has 3 nitrogen and oxygen atoms in total. The second kappa shape index (κ2) is 11.5. The van der Waals surface area contributed by atoms with Gasteiger partial charge in [0.05, 0.1) is 0 Å². The Morgan fingerprint density at radius 2 is 1.62 bits per heavy atom. The summed E-state index contributed by atoms with van der Waals surface area (Å²) in [6, 6.07) is 4.79. The van der Waals surface area contributed by atoms with E-state index >= 15 is 0 Å². The lowest BCUT2D eigenvalue weighted by Crippen LogP contribution is -2.22. The van der Waals surface area contributed by atoms with E-state index in [1.165, 1.54) is 38.2 Å². The molecule has 2 aromatic rings. The zero-order chi connectivity index (χ0) is 24.8. The van der Waals surface area contributed by atoms with Crippen molar-refractivity contribution < 1.29 is 27.1 Å². The van der Waals surface area contributed by atoms with E-state index in [1.54, 1.807) is 0 Å². The molecule has 0 radical (unpaired) electrons. The molecule has 0 heterocycles. The Morgan fingerprint density at radius 1 is 1.03 bits per heavy atom. The van der Waals surface area contributed by atoms with Crippen molar-refractivity contribution in [3.05, 3.63) is 64.2 Å². The van der Waals surface area contributed by atoms with Gasteiger partial charge in [0.2, 0.25) is 0 Å². The smallest absolute Gasteiger partial charge is 0.349 e. The van der Waals surface area contributed by atoms with Crippen molar-refractivity contribution in [3.63, 3.8) is 0 Å². The monoisotopic (exact) mass is 475 g/mol. The van der Waals surface area contributed by atoms with Gasteiger partial charge in [0.15, 0.2) is 0 Å². The molecule has 0 bridgehead atoms. The van der Waals surface area contributed by atoms with E-state index in [2.05, 4.69) is 13.8 Å². The van der Waals surface area contributed by atoms with E-state index in [4.69, 9.17) is 10.00 Å². The van der Waals surface area contributed by atoms with Crippen LogP contribution in [0.25, 0.3) is 0 Å². The van der Waals surface area contributed by atoms with Gasteiger partial charge in [0.25, 0.3) is 0 Å². The van der Waals surface area contributed by atoms with Gasteiger partial charge < -0.3 is 4.74 Å². The van der Waals surface area contributed by atoms with Crippen LogP contribution >= 0.6 is 0 Å². The van der Waals surface area contributed by atoms with Crippen molar-refractivity contribution in [2.24, 2.45) is 17.8 Å². The first-order valence-corrected chi connectivity index (χ1v) is 11.8. The molecule has 7 heteroatoms. The minimum atomic E-state index is -1.41. The first kappa shape index (κ1) is 25.7. The molecule has 0 amide bonds. The molecule has 3 rings (SSSR count). The molecule has 0 N–H and O–H groups in total. The fraction of sp³-hybridized carbons (Fsp3) is 0.481. The Bertz CT molecular complexity index is 1020. The van der Waals surface area contributed by atoms with Crippen LogP contribution in [0.4, 0.5) is 17.6 Å². The van der Waals surface area contributed by atoms with E-state index in [9.17, 15) is 22.4 Å². The summed E-state index contributed by atoms with van der Waals surface area (Å²) in [7, 11) is 0. The summed E-state index contributed by atoms with van der Waals surface area (Å²) in [5.74, 6) is -5.15. The van der Waals surface area contributed by atoms with Gasteiger partial charge >= 0.3 is 5.97 Å². The van der Waals surface area contributed by atoms with E-state index in [0.29, 0.717) is 30.0 Å². The van der Waals surface area contributed by atoms with Crippen LogP contribution in [0.2, 0.25) is 0 Å². The van der Waals surface area contributed by atoms with Crippen LogP contribution in [-0.2, 0) is 6.42 Å². The van der Waals surface area contributed by atoms with Gasteiger partial charge in [-0.1, -0.05) is 46.0 Å². The Hall–Kier alpha value is -2.88. The number of unbranched alkanes of at least 4 members (excludes halogenated alkanes) is 1. The van der Waals surface area contributed by atoms with Gasteiger partial charge in [-0.15, -0.1) is 0 Å². The number of hydrogen-bond acceptors (Lipinski definition) is 3. The first-order chi connectivity index (χ1) is 16.2. The number of hydrogen-bond donors (Lipinski definition) is 0. The van der Waals surface area contributed by atoms with Crippen LogP contribution in [0.5, 0.6) is 5.75 Å². The summed E-state index contributed by atoms with van der Waals surface area (Å²) >= 11 is 0. The van der Waals surface area contributed by atoms with Crippen LogP contribution in [0.15, 0.2) is 24.3 Å². The Morgan fingerprint density at radius 3 is 2.15 bits per heavy atom. The number of esters is 1. The van der Waals surface area contributed by atoms with Crippen molar-refractivity contribution in [2.45, 2.75) is 65.2 Å². The molecule has 0 aliphatic heterocycles. The minimum Gasteiger partial charge on any atom is -0.423 e. The lowest BCUT2D eigenvalue weighted by molar-refractivity contribution is 0.0723. The molecule has 1 unspecified atom stereocenters. The molecule has 0 aromatic heterocycles. The Labute approximate surface area is 197 Å². The molecule has 1 saturated carbocycles. The standard InChI is InChI=1S/C27H29F4NO2/c1-3-4-5-17-6-8-19(9-7-17)16(2)10-18-11-24(30)26(25(31)12-18)27(33)34-20-13-22(28)21(15-32)23(29)14-20/h11-14,16-17,19H,3-10H2,1-2H3. The molecule has 1 aliphatic carbocycles. The summed E-state index contributed by atoms with van der Waals surface area (Å²) in [4.78, 5) is 12.3. The maximum Gasteiger partial charge on any atom is 0.349 e. The molecule has 1 aliphatic rings. The normalized spacial score (nSPS) is 18.9. The zero-order valence-electron chi connectivity index (χ0n) is 19.5. The van der Waals surface area contributed by atoms with Crippen LogP contribution < -0.4 is 4.74 Å². The average molecular weight is 476 g/mol. The molecule has 1 atom stereocenters. The van der Waals surface area contributed by atoms with Gasteiger partial charge in [0.1, 0.15) is 46.2 Å². The molecule has 1 fully saturated rings. The molecule has 0 spiro atoms. The number of nitriles is 1. The molecular weight excluding hydrogens is 446 g/mol. The number of carbonyl (C=O) groups is 1. The van der Waals surface area contributed by atoms with Crippen molar-refractivity contribution in [2.75, 3.05) is 0 Å². The molecule has 0 saturated heterocycles. The number of halogens is 4. The maximum atomic E-state index is 14.7. The van der Waals surface area contributed by atoms with Crippen LogP contribution in [0.1, 0.15) is 80.3 Å². The first-order valence-electron chi connectivity index (χ1n) is 11.8. The third-order valence-corrected chi connectivity index (χ3v) is 6.86. The summed E-state index contributed by atoms with van der Waals surface area (Å²) in [6.07, 6.45) is 8.84. The fourth-order valence-electron chi connectivity index (χ4n) is 4.89. The van der Waals surface area contributed by atoms with Crippen molar-refractivity contribution in [3.8, 4) is 11.8 Å². The Kier molecular flexibility index (Phi) is 8.71. The highest BCUT2D eigenvalue weighted by molar-refractivity contribution is 5.91. The van der Waals surface area contributed by atoms with E-state index < -0.39 is 46.1 Å². The molecule has 182 valence electrons. The van der Waals surface area contributed by atoms with Crippen molar-refractivity contribution >= 4 is 5.97 Å². The highest BCUT2D eigenvalue weighted by Gasteiger charge is 2.27. The third-order valence-electron chi connectivity index (χ3n) is 6.86. The number of ether oxygens (including phenoxy) is 1. The summed E-state index contributed by atoms with van der Waals surface area (Å²) in [5, 5.41) is 8.70. The van der Waals surface area contributed by atoms with Gasteiger partial charge in [-0.25, -0.2) is 22.4 Å². The maximum absolute atomic E-state index is 14.7. The second-order valence-electron chi connectivity index (χ2n) is 9.30. The molecule has 2 aromatic carbocycles. The van der Waals surface area contributed by atoms with E-state index in [1.807, 2.05) is 0 Å². The van der Waals surface area contributed by atoms with Crippen molar-refractivity contribution in [1.82, 2.24) is 0 Å². The lowest BCUT2D eigenvalue weighted by atomic mass is 9.73. The zero-order valence-corrected chi connectivity index (χ0v) is 19.5. The van der Waals surface area contributed by atoms with E-state index in [0.717, 1.165) is 30.9 Å². The largest absolute Gasteiger partial charge is 0.423 e. The van der Waals surface area contributed by atoms with Gasteiger partial charge in [-0.2, -0.15) is 5.26 Å². The topological polar surface area (TPSA) is 50.1 Å². The van der Waals surface area contributed by atoms with Crippen molar-refractivity contribution in [1.29, 1.82) is 5.26 Å². The average Bonchev–Trinajstić information content (AvgIpc) is 2.77. The summed E-state index contributed by atoms with van der Waals surface area (Å²) in [5.41, 5.74) is -1.33. The number of benzene rings is 2. The van der Waals surface area contributed by atoms with E-state index in [-0.39, 0.29) is 5.92 Å². The summed E-state index contributed by atoms with van der Waals surface area (Å²) in [6.45, 7) is 4.28. The van der Waals surface area contributed by atoms with Gasteiger partial charge in [-0.05, 0) is 54.7 Å². The Balaban J connectivity index is 1.66. The fourth-order valence-corrected chi connectivity index (χ4v) is 4.89. The summed E-state index contributed by atoms with van der Waals surface area (Å²) < 4.78 is 61.6. The highest BCUT2D eigenvalue weighted by Crippen LogP contribution is 2.37. The lowest BCUT2D eigenvalue weighted by Gasteiger charge is -2.32. The van der Waals surface area contributed by atoms with Crippen LogP contribution in [0.3, 0.4) is 0 Å². The predicted molar refractivity (Wildman–Crippen MR) is 120 cm³/mol. The number of rotatable bonds is 8. The molecular formula is C27H29F4NO2. The number of carbonyl (C=O) groups excluding carboxylic acids is 1. The number of nitrogens with zero attached hydrogens (tertiary/aromatic N) is 1.